The predicted molar refractivity (Wildman–Crippen MR) is 66.0 cm³/mol. The van der Waals surface area contributed by atoms with Gasteiger partial charge in [0.25, 0.3) is 0 Å². The minimum Gasteiger partial charge on any atom is -0.508 e. The largest absolute Gasteiger partial charge is 0.508 e. The average Bonchev–Trinajstić information content (AvgIpc) is 2.35. The van der Waals surface area contributed by atoms with E-state index in [2.05, 4.69) is 0 Å². The normalized spacial score (nSPS) is 10.3. The molecule has 0 atom stereocenters. The number of carbonyl (C=O) groups is 1. The van der Waals surface area contributed by atoms with Crippen LogP contribution < -0.4 is 0 Å². The maximum Gasteiger partial charge on any atom is 0.196 e. The second-order valence-electron chi connectivity index (χ2n) is 3.99. The lowest BCUT2D eigenvalue weighted by Crippen LogP contribution is -2.02. The molecule has 0 saturated heterocycles. The van der Waals surface area contributed by atoms with Crippen molar-refractivity contribution in [3.8, 4) is 17.2 Å². The minimum atomic E-state index is -0.411. The average molecular weight is 244 g/mol. The van der Waals surface area contributed by atoms with Gasteiger partial charge in [-0.25, -0.2) is 0 Å². The third-order valence-electron chi connectivity index (χ3n) is 2.76. The highest BCUT2D eigenvalue weighted by atomic mass is 16.3. The van der Waals surface area contributed by atoms with Crippen LogP contribution in [0.5, 0.6) is 17.2 Å². The van der Waals surface area contributed by atoms with E-state index in [1.165, 1.54) is 31.2 Å². The van der Waals surface area contributed by atoms with Crippen LogP contribution >= 0.6 is 0 Å². The molecule has 2 aromatic carbocycles. The zero-order valence-electron chi connectivity index (χ0n) is 9.71. The third-order valence-corrected chi connectivity index (χ3v) is 2.76. The summed E-state index contributed by atoms with van der Waals surface area (Å²) in [7, 11) is 0. The number of phenols is 3. The Bertz CT molecular complexity index is 617. The fraction of sp³-hybridized carbons (Fsp3) is 0.0714. The van der Waals surface area contributed by atoms with E-state index in [-0.39, 0.29) is 33.9 Å². The summed E-state index contributed by atoms with van der Waals surface area (Å²) in [6, 6.07) is 8.58. The zero-order valence-corrected chi connectivity index (χ0v) is 9.71. The maximum atomic E-state index is 12.1. The van der Waals surface area contributed by atoms with E-state index in [9.17, 15) is 20.1 Å². The van der Waals surface area contributed by atoms with Crippen LogP contribution in [-0.2, 0) is 0 Å². The van der Waals surface area contributed by atoms with Gasteiger partial charge in [0.2, 0.25) is 0 Å². The van der Waals surface area contributed by atoms with Gasteiger partial charge in [-0.1, -0.05) is 12.1 Å². The molecule has 0 aliphatic heterocycles. The van der Waals surface area contributed by atoms with Crippen LogP contribution in [0.25, 0.3) is 0 Å². The van der Waals surface area contributed by atoms with Crippen LogP contribution in [0.15, 0.2) is 36.4 Å². The molecule has 0 fully saturated rings. The van der Waals surface area contributed by atoms with E-state index in [1.807, 2.05) is 0 Å². The van der Waals surface area contributed by atoms with Gasteiger partial charge >= 0.3 is 0 Å². The van der Waals surface area contributed by atoms with Crippen molar-refractivity contribution in [2.75, 3.05) is 0 Å². The van der Waals surface area contributed by atoms with Crippen molar-refractivity contribution in [1.29, 1.82) is 0 Å². The number of ketones is 1. The van der Waals surface area contributed by atoms with E-state index in [0.29, 0.717) is 0 Å². The molecule has 0 saturated carbocycles. The van der Waals surface area contributed by atoms with Crippen molar-refractivity contribution >= 4 is 5.78 Å². The predicted octanol–water partition coefficient (Wildman–Crippen LogP) is 2.34. The van der Waals surface area contributed by atoms with Crippen molar-refractivity contribution in [2.45, 2.75) is 6.92 Å². The fourth-order valence-electron chi connectivity index (χ4n) is 1.68. The molecule has 18 heavy (non-hydrogen) atoms. The summed E-state index contributed by atoms with van der Waals surface area (Å²) in [5.74, 6) is -0.745. The van der Waals surface area contributed by atoms with Gasteiger partial charge in [-0.05, 0) is 31.2 Å². The number of hydrogen-bond acceptors (Lipinski definition) is 4. The summed E-state index contributed by atoms with van der Waals surface area (Å²) in [4.78, 5) is 12.1. The molecule has 0 heterocycles. The van der Waals surface area contributed by atoms with Crippen LogP contribution in [0.1, 0.15) is 21.5 Å². The highest BCUT2D eigenvalue weighted by molar-refractivity contribution is 6.11. The number of benzene rings is 2. The Hall–Kier alpha value is -2.49. The zero-order chi connectivity index (χ0) is 13.3. The van der Waals surface area contributed by atoms with Crippen molar-refractivity contribution in [1.82, 2.24) is 0 Å². The second kappa shape index (κ2) is 4.41. The Morgan fingerprint density at radius 3 is 2.44 bits per heavy atom. The first-order chi connectivity index (χ1) is 8.50. The van der Waals surface area contributed by atoms with Crippen LogP contribution in [0, 0.1) is 6.92 Å². The van der Waals surface area contributed by atoms with Crippen LogP contribution in [-0.4, -0.2) is 21.1 Å². The highest BCUT2D eigenvalue weighted by Gasteiger charge is 2.16. The Morgan fingerprint density at radius 2 is 1.78 bits per heavy atom. The lowest BCUT2D eigenvalue weighted by atomic mass is 9.99. The van der Waals surface area contributed by atoms with Gasteiger partial charge < -0.3 is 15.3 Å². The molecule has 0 aliphatic rings. The summed E-state index contributed by atoms with van der Waals surface area (Å²) in [6.07, 6.45) is 0. The molecule has 0 amide bonds. The SMILES string of the molecule is Cc1c(O)ccc(C(=O)c2cccc(O)c2)c1O. The van der Waals surface area contributed by atoms with Gasteiger partial charge in [0, 0.05) is 11.1 Å². The van der Waals surface area contributed by atoms with Gasteiger partial charge in [-0.2, -0.15) is 0 Å². The molecular formula is C14H12O4. The summed E-state index contributed by atoms with van der Waals surface area (Å²) in [6.45, 7) is 1.52. The molecule has 0 aromatic heterocycles. The first kappa shape index (κ1) is 12.0. The van der Waals surface area contributed by atoms with Crippen LogP contribution in [0.4, 0.5) is 0 Å². The topological polar surface area (TPSA) is 77.8 Å². The number of aromatic hydroxyl groups is 3. The highest BCUT2D eigenvalue weighted by Crippen LogP contribution is 2.31. The van der Waals surface area contributed by atoms with Crippen molar-refractivity contribution < 1.29 is 20.1 Å². The molecule has 92 valence electrons. The summed E-state index contributed by atoms with van der Waals surface area (Å²) in [5, 5.41) is 28.6. The Balaban J connectivity index is 2.50. The number of hydrogen-bond donors (Lipinski definition) is 3. The van der Waals surface area contributed by atoms with Gasteiger partial charge in [0.1, 0.15) is 17.2 Å². The van der Waals surface area contributed by atoms with Gasteiger partial charge in [-0.15, -0.1) is 0 Å². The first-order valence-electron chi connectivity index (χ1n) is 5.36. The molecule has 4 nitrogen and oxygen atoms in total. The Kier molecular flexibility index (Phi) is 2.93. The fourth-order valence-corrected chi connectivity index (χ4v) is 1.68. The Labute approximate surface area is 104 Å². The van der Waals surface area contributed by atoms with Crippen LogP contribution in [0.2, 0.25) is 0 Å². The molecule has 4 heteroatoms. The third kappa shape index (κ3) is 2.00. The summed E-state index contributed by atoms with van der Waals surface area (Å²) < 4.78 is 0. The molecule has 2 aromatic rings. The van der Waals surface area contributed by atoms with E-state index in [0.717, 1.165) is 0 Å². The lowest BCUT2D eigenvalue weighted by molar-refractivity contribution is 0.103. The minimum absolute atomic E-state index is 0.0177. The van der Waals surface area contributed by atoms with Crippen LogP contribution in [0.3, 0.4) is 0 Å². The monoisotopic (exact) mass is 244 g/mol. The molecule has 0 aliphatic carbocycles. The molecule has 0 radical (unpaired) electrons. The maximum absolute atomic E-state index is 12.1. The smallest absolute Gasteiger partial charge is 0.196 e. The lowest BCUT2D eigenvalue weighted by Gasteiger charge is -2.08. The van der Waals surface area contributed by atoms with E-state index in [1.54, 1.807) is 12.1 Å². The van der Waals surface area contributed by atoms with E-state index in [4.69, 9.17) is 0 Å². The van der Waals surface area contributed by atoms with Gasteiger partial charge in [-0.3, -0.25) is 4.79 Å². The van der Waals surface area contributed by atoms with Crippen molar-refractivity contribution in [3.63, 3.8) is 0 Å². The van der Waals surface area contributed by atoms with Gasteiger partial charge in [0.15, 0.2) is 5.78 Å². The summed E-state index contributed by atoms with van der Waals surface area (Å²) >= 11 is 0. The van der Waals surface area contributed by atoms with E-state index >= 15 is 0 Å². The molecule has 3 N–H and O–H groups in total. The molecule has 0 unspecified atom stereocenters. The molecule has 0 bridgehead atoms. The summed E-state index contributed by atoms with van der Waals surface area (Å²) in [5.41, 5.74) is 0.618. The molecular weight excluding hydrogens is 232 g/mol. The quantitative estimate of drug-likeness (QED) is 0.708. The Morgan fingerprint density at radius 1 is 1.06 bits per heavy atom. The number of rotatable bonds is 2. The number of carbonyl (C=O) groups excluding carboxylic acids is 1. The molecule has 2 rings (SSSR count). The standard InChI is InChI=1S/C14H12O4/c1-8-12(16)6-5-11(13(8)17)14(18)9-3-2-4-10(15)7-9/h2-7,15-17H,1H3. The molecule has 0 spiro atoms. The second-order valence-corrected chi connectivity index (χ2v) is 3.99. The van der Waals surface area contributed by atoms with E-state index < -0.39 is 5.78 Å². The van der Waals surface area contributed by atoms with Crippen molar-refractivity contribution in [3.05, 3.63) is 53.1 Å². The first-order valence-corrected chi connectivity index (χ1v) is 5.36. The van der Waals surface area contributed by atoms with Gasteiger partial charge in [0.05, 0.1) is 5.56 Å². The van der Waals surface area contributed by atoms with Crippen molar-refractivity contribution in [2.24, 2.45) is 0 Å². The number of phenolic OH excluding ortho intramolecular Hbond substituents is 3.